The molecule has 3 aromatic carbocycles. The molecule has 0 aliphatic carbocycles. The molecule has 27 heavy (non-hydrogen) atoms. The molecule has 3 aromatic rings. The summed E-state index contributed by atoms with van der Waals surface area (Å²) in [5.74, 6) is -0.217. The van der Waals surface area contributed by atoms with Crippen molar-refractivity contribution in [2.75, 3.05) is 16.4 Å². The first-order valence-corrected chi connectivity index (χ1v) is 9.31. The normalized spacial score (nSPS) is 10.7. The van der Waals surface area contributed by atoms with E-state index >= 15 is 0 Å². The number of nitrogens with one attached hydrogen (secondary N) is 2. The Hall–Kier alpha value is -3.05. The number of rotatable bonds is 6. The van der Waals surface area contributed by atoms with Gasteiger partial charge in [-0.05, 0) is 53.6 Å². The summed E-state index contributed by atoms with van der Waals surface area (Å²) in [7, 11) is 0. The molecule has 0 unspecified atom stereocenters. The van der Waals surface area contributed by atoms with Crippen LogP contribution in [0.3, 0.4) is 0 Å². The number of nitrogens with two attached hydrogens (primary N) is 1. The van der Waals surface area contributed by atoms with Gasteiger partial charge in [-0.15, -0.1) is 0 Å². The maximum atomic E-state index is 12.1. The number of benzene rings is 3. The quantitative estimate of drug-likeness (QED) is 0.373. The summed E-state index contributed by atoms with van der Waals surface area (Å²) in [6.45, 7) is 0.699. The highest BCUT2D eigenvalue weighted by atomic mass is 79.9. The second kappa shape index (κ2) is 9.05. The van der Waals surface area contributed by atoms with Gasteiger partial charge in [0.2, 0.25) is 5.91 Å². The van der Waals surface area contributed by atoms with E-state index in [9.17, 15) is 4.79 Å². The summed E-state index contributed by atoms with van der Waals surface area (Å²) in [6.07, 6.45) is 3.30. The van der Waals surface area contributed by atoms with Crippen molar-refractivity contribution < 1.29 is 4.79 Å². The van der Waals surface area contributed by atoms with Gasteiger partial charge in [0.25, 0.3) is 0 Å². The predicted molar refractivity (Wildman–Crippen MR) is 116 cm³/mol. The van der Waals surface area contributed by atoms with E-state index < -0.39 is 0 Å². The molecule has 0 atom stereocenters. The number of para-hydroxylation sites is 2. The minimum absolute atomic E-state index is 0.217. The van der Waals surface area contributed by atoms with Crippen LogP contribution >= 0.6 is 15.9 Å². The van der Waals surface area contributed by atoms with Crippen molar-refractivity contribution in [1.29, 1.82) is 0 Å². The third kappa shape index (κ3) is 5.72. The van der Waals surface area contributed by atoms with E-state index in [0.717, 1.165) is 21.3 Å². The summed E-state index contributed by atoms with van der Waals surface area (Å²) < 4.78 is 1.04. The van der Waals surface area contributed by atoms with Gasteiger partial charge in [0.05, 0.1) is 11.4 Å². The fourth-order valence-electron chi connectivity index (χ4n) is 2.57. The van der Waals surface area contributed by atoms with Crippen molar-refractivity contribution in [3.63, 3.8) is 0 Å². The monoisotopic (exact) mass is 421 g/mol. The smallest absolute Gasteiger partial charge is 0.248 e. The molecule has 0 spiro atoms. The molecule has 0 aromatic heterocycles. The van der Waals surface area contributed by atoms with Crippen LogP contribution in [0.1, 0.15) is 11.1 Å². The summed E-state index contributed by atoms with van der Waals surface area (Å²) in [5.41, 5.74) is 10.1. The lowest BCUT2D eigenvalue weighted by Crippen LogP contribution is -2.09. The van der Waals surface area contributed by atoms with Crippen molar-refractivity contribution in [2.45, 2.75) is 6.54 Å². The molecular formula is C22H20BrN3O. The van der Waals surface area contributed by atoms with E-state index in [1.807, 2.05) is 60.7 Å². The van der Waals surface area contributed by atoms with Crippen LogP contribution in [0, 0.1) is 0 Å². The number of nitrogen functional groups attached to an aromatic ring is 1. The fourth-order valence-corrected chi connectivity index (χ4v) is 2.97. The van der Waals surface area contributed by atoms with E-state index in [4.69, 9.17) is 5.73 Å². The molecule has 4 nitrogen and oxygen atoms in total. The van der Waals surface area contributed by atoms with Crippen molar-refractivity contribution in [3.05, 3.63) is 94.5 Å². The fraction of sp³-hybridized carbons (Fsp3) is 0.0455. The largest absolute Gasteiger partial charge is 0.397 e. The highest BCUT2D eigenvalue weighted by Gasteiger charge is 2.01. The van der Waals surface area contributed by atoms with Crippen molar-refractivity contribution in [2.24, 2.45) is 0 Å². The Morgan fingerprint density at radius 1 is 1.00 bits per heavy atom. The summed E-state index contributed by atoms with van der Waals surface area (Å²) >= 11 is 3.47. The number of carbonyl (C=O) groups excluding carboxylic acids is 1. The molecule has 0 heterocycles. The average molecular weight is 422 g/mol. The van der Waals surface area contributed by atoms with E-state index in [1.165, 1.54) is 6.08 Å². The number of carbonyl (C=O) groups is 1. The maximum Gasteiger partial charge on any atom is 0.248 e. The Balaban J connectivity index is 1.60. The van der Waals surface area contributed by atoms with Gasteiger partial charge in [-0.1, -0.05) is 52.3 Å². The third-order valence-electron chi connectivity index (χ3n) is 3.92. The number of amides is 1. The zero-order valence-corrected chi connectivity index (χ0v) is 16.2. The Morgan fingerprint density at radius 3 is 2.63 bits per heavy atom. The number of hydrogen-bond acceptors (Lipinski definition) is 3. The van der Waals surface area contributed by atoms with Gasteiger partial charge in [-0.3, -0.25) is 4.79 Å². The Bertz CT molecular complexity index is 969. The van der Waals surface area contributed by atoms with Crippen LogP contribution in [0.25, 0.3) is 6.08 Å². The van der Waals surface area contributed by atoms with Crippen LogP contribution in [-0.2, 0) is 11.3 Å². The van der Waals surface area contributed by atoms with Crippen molar-refractivity contribution >= 4 is 45.0 Å². The van der Waals surface area contributed by atoms with E-state index in [0.29, 0.717) is 17.9 Å². The number of halogens is 1. The van der Waals surface area contributed by atoms with Crippen molar-refractivity contribution in [1.82, 2.24) is 0 Å². The molecule has 136 valence electrons. The van der Waals surface area contributed by atoms with Crippen LogP contribution < -0.4 is 16.4 Å². The Morgan fingerprint density at radius 2 is 1.81 bits per heavy atom. The lowest BCUT2D eigenvalue weighted by atomic mass is 10.1. The number of hydrogen-bond donors (Lipinski definition) is 3. The number of anilines is 3. The summed E-state index contributed by atoms with van der Waals surface area (Å²) in [6, 6.07) is 23.3. The lowest BCUT2D eigenvalue weighted by Gasteiger charge is -2.08. The standard InChI is InChI=1S/C22H20BrN3O/c23-18-7-4-8-19(14-18)25-15-17-6-3-5-16(13-17)11-12-22(27)26-21-10-2-1-9-20(21)24/h1-14,25H,15,24H2,(H,26,27)/b12-11+. The zero-order valence-electron chi connectivity index (χ0n) is 14.7. The Kier molecular flexibility index (Phi) is 6.28. The average Bonchev–Trinajstić information content (AvgIpc) is 2.67. The molecule has 0 radical (unpaired) electrons. The third-order valence-corrected chi connectivity index (χ3v) is 4.41. The van der Waals surface area contributed by atoms with E-state index in [1.54, 1.807) is 18.2 Å². The first-order chi connectivity index (χ1) is 13.1. The van der Waals surface area contributed by atoms with Gasteiger partial charge in [-0.2, -0.15) is 0 Å². The molecule has 0 fully saturated rings. The van der Waals surface area contributed by atoms with Crippen LogP contribution in [0.2, 0.25) is 0 Å². The van der Waals surface area contributed by atoms with Gasteiger partial charge in [0.15, 0.2) is 0 Å². The maximum absolute atomic E-state index is 12.1. The summed E-state index contributed by atoms with van der Waals surface area (Å²) in [5, 5.41) is 6.16. The van der Waals surface area contributed by atoms with E-state index in [-0.39, 0.29) is 5.91 Å². The second-order valence-corrected chi connectivity index (χ2v) is 6.93. The van der Waals surface area contributed by atoms with Crippen LogP contribution in [0.5, 0.6) is 0 Å². The van der Waals surface area contributed by atoms with Crippen molar-refractivity contribution in [3.8, 4) is 0 Å². The highest BCUT2D eigenvalue weighted by Crippen LogP contribution is 2.18. The first-order valence-electron chi connectivity index (χ1n) is 8.52. The van der Waals surface area contributed by atoms with Crippen LogP contribution in [-0.4, -0.2) is 5.91 Å². The minimum atomic E-state index is -0.217. The zero-order chi connectivity index (χ0) is 19.1. The molecule has 0 bridgehead atoms. The molecule has 0 aliphatic rings. The minimum Gasteiger partial charge on any atom is -0.397 e. The molecule has 0 saturated heterocycles. The van der Waals surface area contributed by atoms with Gasteiger partial charge in [0, 0.05) is 22.8 Å². The molecule has 1 amide bonds. The Labute approximate surface area is 167 Å². The summed E-state index contributed by atoms with van der Waals surface area (Å²) in [4.78, 5) is 12.1. The molecule has 5 heteroatoms. The van der Waals surface area contributed by atoms with Gasteiger partial charge in [-0.25, -0.2) is 0 Å². The second-order valence-electron chi connectivity index (χ2n) is 6.02. The van der Waals surface area contributed by atoms with Crippen LogP contribution in [0.4, 0.5) is 17.1 Å². The molecule has 0 saturated carbocycles. The van der Waals surface area contributed by atoms with Gasteiger partial charge in [0.1, 0.15) is 0 Å². The molecular weight excluding hydrogens is 402 g/mol. The first kappa shape index (κ1) is 18.7. The predicted octanol–water partition coefficient (Wildman–Crippen LogP) is 5.30. The van der Waals surface area contributed by atoms with Crippen LogP contribution in [0.15, 0.2) is 83.3 Å². The lowest BCUT2D eigenvalue weighted by molar-refractivity contribution is -0.111. The van der Waals surface area contributed by atoms with Gasteiger partial charge < -0.3 is 16.4 Å². The molecule has 0 aliphatic heterocycles. The molecule has 3 rings (SSSR count). The van der Waals surface area contributed by atoms with Gasteiger partial charge >= 0.3 is 0 Å². The van der Waals surface area contributed by atoms with E-state index in [2.05, 4.69) is 26.6 Å². The SMILES string of the molecule is Nc1ccccc1NC(=O)/C=C/c1cccc(CNc2cccc(Br)c2)c1. The molecule has 4 N–H and O–H groups in total. The topological polar surface area (TPSA) is 67.1 Å². The highest BCUT2D eigenvalue weighted by molar-refractivity contribution is 9.10.